The van der Waals surface area contributed by atoms with Gasteiger partial charge in [0.15, 0.2) is 0 Å². The predicted octanol–water partition coefficient (Wildman–Crippen LogP) is -1.21. The van der Waals surface area contributed by atoms with Crippen LogP contribution in [0.4, 0.5) is 8.78 Å². The first-order chi connectivity index (χ1) is 9.83. The van der Waals surface area contributed by atoms with Crippen LogP contribution in [0.25, 0.3) is 0 Å². The second-order valence-electron chi connectivity index (χ2n) is 6.32. The maximum Gasteiger partial charge on any atom is 0.135 e. The van der Waals surface area contributed by atoms with Gasteiger partial charge in [0.25, 0.3) is 0 Å². The molecule has 0 amide bonds. The molecule has 9 heteroatoms. The van der Waals surface area contributed by atoms with Crippen LogP contribution in [0.5, 0.6) is 5.75 Å². The molecule has 3 rings (SSSR count). The molecule has 1 aliphatic heterocycles. The van der Waals surface area contributed by atoms with E-state index in [1.807, 2.05) is 28.1 Å². The molecule has 21 heavy (non-hydrogen) atoms. The van der Waals surface area contributed by atoms with Gasteiger partial charge in [-0.2, -0.15) is 0 Å². The highest BCUT2D eigenvalue weighted by Gasteiger charge is 2.29. The van der Waals surface area contributed by atoms with Gasteiger partial charge in [-0.1, -0.05) is 0 Å². The summed E-state index contributed by atoms with van der Waals surface area (Å²) in [5, 5.41) is 7.22. The van der Waals surface area contributed by atoms with Gasteiger partial charge in [-0.05, 0) is 0 Å². The van der Waals surface area contributed by atoms with Crippen molar-refractivity contribution in [2.45, 2.75) is 24.2 Å². The van der Waals surface area contributed by atoms with Crippen LogP contribution in [0, 0.1) is 11.6 Å². The number of nitrogens with zero attached hydrogens (tertiary/aromatic N) is 3. The van der Waals surface area contributed by atoms with Crippen LogP contribution in [0.3, 0.4) is 0 Å². The summed E-state index contributed by atoms with van der Waals surface area (Å²) in [6, 6.07) is 2.51. The average Bonchev–Trinajstić information content (AvgIpc) is 2.85. The van der Waals surface area contributed by atoms with Crippen molar-refractivity contribution in [2.75, 3.05) is 0 Å². The molecule has 1 aromatic heterocycles. The first-order valence-electron chi connectivity index (χ1n) is 6.88. The first-order valence-corrected chi connectivity index (χ1v) is 6.88. The van der Waals surface area contributed by atoms with Crippen LogP contribution >= 0.6 is 0 Å². The highest BCUT2D eigenvalue weighted by molar-refractivity contribution is 6.58. The molecule has 0 spiro atoms. The van der Waals surface area contributed by atoms with Gasteiger partial charge < -0.3 is 9.30 Å². The molecule has 0 aliphatic carbocycles. The fourth-order valence-electron chi connectivity index (χ4n) is 2.67. The molecule has 1 atom stereocenters. The Balaban J connectivity index is 1.89. The predicted molar refractivity (Wildman–Crippen MR) is 81.8 cm³/mol. The van der Waals surface area contributed by atoms with Crippen molar-refractivity contribution < 1.29 is 13.5 Å². The Hall–Kier alpha value is -1.79. The van der Waals surface area contributed by atoms with Crippen LogP contribution in [0.2, 0.25) is 0 Å². The number of ether oxygens (including phenoxy) is 1. The summed E-state index contributed by atoms with van der Waals surface area (Å²) in [5.74, 6) is -0.428. The summed E-state index contributed by atoms with van der Waals surface area (Å²) >= 11 is 0. The van der Waals surface area contributed by atoms with Crippen molar-refractivity contribution in [1.82, 2.24) is 14.8 Å². The van der Waals surface area contributed by atoms with Gasteiger partial charge in [-0.3, -0.25) is 0 Å². The van der Waals surface area contributed by atoms with E-state index in [2.05, 4.69) is 10.2 Å². The standard InChI is InChI=1S/C12H14B3F2N3O/c13-12(14,15)21-7-2-8(16)11(9(17)3-7)6-1-10-19-18-5-20(10)4-6/h2-3,5-6H,1,4,13-15H2/t6-/m0/s1. The van der Waals surface area contributed by atoms with Crippen LogP contribution in [0.15, 0.2) is 18.5 Å². The summed E-state index contributed by atoms with van der Waals surface area (Å²) in [6.45, 7) is 0.496. The number of hydrogen-bond acceptors (Lipinski definition) is 3. The average molecular weight is 287 g/mol. The first kappa shape index (κ1) is 14.2. The zero-order chi connectivity index (χ0) is 15.2. The summed E-state index contributed by atoms with van der Waals surface area (Å²) < 4.78 is 35.9. The second-order valence-corrected chi connectivity index (χ2v) is 6.32. The molecule has 2 aromatic rings. The van der Waals surface area contributed by atoms with Crippen molar-refractivity contribution in [3.8, 4) is 5.75 Å². The molecule has 1 aliphatic rings. The molecular formula is C12H14B3F2N3O. The third kappa shape index (κ3) is 2.82. The van der Waals surface area contributed by atoms with Gasteiger partial charge in [-0.15, -0.1) is 10.2 Å². The fraction of sp³-hybridized carbons (Fsp3) is 0.333. The molecule has 1 aromatic carbocycles. The van der Waals surface area contributed by atoms with Gasteiger partial charge in [-0.25, -0.2) is 8.78 Å². The van der Waals surface area contributed by atoms with Crippen molar-refractivity contribution in [3.63, 3.8) is 0 Å². The number of benzene rings is 1. The topological polar surface area (TPSA) is 39.9 Å². The normalized spacial score (nSPS) is 17.7. The quantitative estimate of drug-likeness (QED) is 0.665. The minimum absolute atomic E-state index is 0.0989. The Morgan fingerprint density at radius 3 is 2.48 bits per heavy atom. The third-order valence-corrected chi connectivity index (χ3v) is 3.43. The minimum Gasteiger partial charge on any atom is -0.513 e. The van der Waals surface area contributed by atoms with Gasteiger partial charge in [0, 0.05) is 41.9 Å². The molecule has 0 fully saturated rings. The molecule has 0 saturated heterocycles. The van der Waals surface area contributed by atoms with Gasteiger partial charge in [0.1, 0.15) is 53.1 Å². The van der Waals surface area contributed by atoms with E-state index in [1.165, 1.54) is 12.1 Å². The molecule has 0 unspecified atom stereocenters. The summed E-state index contributed by atoms with van der Waals surface area (Å²) in [7, 11) is 5.50. The number of aromatic nitrogens is 3. The molecule has 0 radical (unpaired) electrons. The maximum atomic E-state index is 14.3. The largest absolute Gasteiger partial charge is 0.513 e. The molecule has 106 valence electrons. The van der Waals surface area contributed by atoms with Gasteiger partial charge in [0.2, 0.25) is 0 Å². The van der Waals surface area contributed by atoms with E-state index in [0.29, 0.717) is 13.0 Å². The maximum absolute atomic E-state index is 14.3. The van der Waals surface area contributed by atoms with E-state index < -0.39 is 16.9 Å². The second kappa shape index (κ2) is 4.89. The highest BCUT2D eigenvalue weighted by Crippen LogP contribution is 2.33. The van der Waals surface area contributed by atoms with E-state index in [-0.39, 0.29) is 17.2 Å². The Labute approximate surface area is 124 Å². The number of halogens is 2. The zero-order valence-electron chi connectivity index (χ0n) is 12.2. The minimum atomic E-state index is -0.571. The van der Waals surface area contributed by atoms with Crippen LogP contribution in [-0.2, 0) is 13.0 Å². The summed E-state index contributed by atoms with van der Waals surface area (Å²) in [5.41, 5.74) is 0.0989. The zero-order valence-corrected chi connectivity index (χ0v) is 12.2. The summed E-state index contributed by atoms with van der Waals surface area (Å²) in [6.07, 6.45) is 2.08. The van der Waals surface area contributed by atoms with Crippen LogP contribution in [-0.4, -0.2) is 43.6 Å². The molecule has 0 N–H and O–H groups in total. The molecular weight excluding hydrogens is 273 g/mol. The molecule has 2 heterocycles. The Kier molecular flexibility index (Phi) is 3.30. The smallest absolute Gasteiger partial charge is 0.135 e. The number of rotatable bonds is 3. The lowest BCUT2D eigenvalue weighted by Gasteiger charge is -2.23. The van der Waals surface area contributed by atoms with E-state index in [9.17, 15) is 8.78 Å². The monoisotopic (exact) mass is 287 g/mol. The lowest BCUT2D eigenvalue weighted by Crippen LogP contribution is -2.37. The van der Waals surface area contributed by atoms with Gasteiger partial charge >= 0.3 is 0 Å². The SMILES string of the molecule is BC(B)(B)Oc1cc(F)c([C@H]2Cc3nncn3C2)c(F)c1. The summed E-state index contributed by atoms with van der Waals surface area (Å²) in [4.78, 5) is 0. The Morgan fingerprint density at radius 1 is 1.24 bits per heavy atom. The van der Waals surface area contributed by atoms with E-state index >= 15 is 0 Å². The van der Waals surface area contributed by atoms with Crippen molar-refractivity contribution >= 4 is 23.5 Å². The van der Waals surface area contributed by atoms with Crippen molar-refractivity contribution in [1.29, 1.82) is 0 Å². The number of fused-ring (bicyclic) bond motifs is 1. The van der Waals surface area contributed by atoms with E-state index in [1.54, 1.807) is 6.33 Å². The Morgan fingerprint density at radius 2 is 1.90 bits per heavy atom. The molecule has 0 saturated carbocycles. The van der Waals surface area contributed by atoms with Gasteiger partial charge in [0.05, 0.1) is 0 Å². The Bertz CT molecular complexity index is 643. The fourth-order valence-corrected chi connectivity index (χ4v) is 2.67. The van der Waals surface area contributed by atoms with E-state index in [4.69, 9.17) is 4.74 Å². The van der Waals surface area contributed by atoms with Crippen molar-refractivity contribution in [2.24, 2.45) is 0 Å². The lowest BCUT2D eigenvalue weighted by molar-refractivity contribution is 0.313. The molecule has 4 nitrogen and oxygen atoms in total. The molecule has 0 bridgehead atoms. The highest BCUT2D eigenvalue weighted by atomic mass is 19.1. The lowest BCUT2D eigenvalue weighted by atomic mass is 9.52. The van der Waals surface area contributed by atoms with E-state index in [0.717, 1.165) is 5.82 Å². The number of hydrogen-bond donors (Lipinski definition) is 0. The van der Waals surface area contributed by atoms with Crippen LogP contribution < -0.4 is 4.74 Å². The van der Waals surface area contributed by atoms with Crippen molar-refractivity contribution in [3.05, 3.63) is 41.5 Å². The van der Waals surface area contributed by atoms with Crippen LogP contribution in [0.1, 0.15) is 17.3 Å². The third-order valence-electron chi connectivity index (χ3n) is 3.43.